The van der Waals surface area contributed by atoms with E-state index in [0.717, 1.165) is 11.3 Å². The van der Waals surface area contributed by atoms with Crippen LogP contribution >= 0.6 is 0 Å². The quantitative estimate of drug-likeness (QED) is 0.642. The molecule has 0 radical (unpaired) electrons. The van der Waals surface area contributed by atoms with Crippen LogP contribution in [0.25, 0.3) is 0 Å². The van der Waals surface area contributed by atoms with Crippen molar-refractivity contribution in [1.82, 2.24) is 20.4 Å². The maximum Gasteiger partial charge on any atom is 0.315 e. The van der Waals surface area contributed by atoms with Gasteiger partial charge in [0.2, 0.25) is 11.8 Å². The van der Waals surface area contributed by atoms with Crippen LogP contribution in [0.15, 0.2) is 60.7 Å². The summed E-state index contributed by atoms with van der Waals surface area (Å²) in [5.41, 5.74) is 1.76. The Morgan fingerprint density at radius 2 is 1.43 bits per heavy atom. The standard InChI is InChI=1S/C22H27N5O3/c28-20(25-19-9-5-2-6-10-19)17-26-11-13-27(14-12-26)21(29)16-24-22(30)23-15-18-7-3-1-4-8-18/h1-10H,11-17H2,(H,25,28)(H2,23,24,30). The van der Waals surface area contributed by atoms with Crippen LogP contribution in [0.5, 0.6) is 0 Å². The molecule has 30 heavy (non-hydrogen) atoms. The van der Waals surface area contributed by atoms with Crippen molar-refractivity contribution in [2.24, 2.45) is 0 Å². The van der Waals surface area contributed by atoms with E-state index in [0.29, 0.717) is 32.7 Å². The molecule has 2 aromatic rings. The summed E-state index contributed by atoms with van der Waals surface area (Å²) in [6.45, 7) is 2.95. The molecule has 1 aliphatic rings. The van der Waals surface area contributed by atoms with Crippen molar-refractivity contribution in [3.05, 3.63) is 66.2 Å². The van der Waals surface area contributed by atoms with Gasteiger partial charge in [0.1, 0.15) is 0 Å². The summed E-state index contributed by atoms with van der Waals surface area (Å²) in [5, 5.41) is 8.20. The van der Waals surface area contributed by atoms with Gasteiger partial charge in [-0.3, -0.25) is 14.5 Å². The third-order valence-corrected chi connectivity index (χ3v) is 4.85. The third-order valence-electron chi connectivity index (χ3n) is 4.85. The highest BCUT2D eigenvalue weighted by molar-refractivity contribution is 5.92. The number of nitrogens with one attached hydrogen (secondary N) is 3. The first-order valence-electron chi connectivity index (χ1n) is 10.0. The second kappa shape index (κ2) is 11.0. The van der Waals surface area contributed by atoms with Crippen molar-refractivity contribution in [3.8, 4) is 0 Å². The van der Waals surface area contributed by atoms with E-state index in [1.165, 1.54) is 0 Å². The van der Waals surface area contributed by atoms with E-state index in [4.69, 9.17) is 0 Å². The average molecular weight is 409 g/mol. The lowest BCUT2D eigenvalue weighted by atomic mass is 10.2. The van der Waals surface area contributed by atoms with Gasteiger partial charge in [0.05, 0.1) is 13.1 Å². The molecule has 4 amide bonds. The summed E-state index contributed by atoms with van der Waals surface area (Å²) >= 11 is 0. The first kappa shape index (κ1) is 21.3. The van der Waals surface area contributed by atoms with Crippen LogP contribution in [-0.2, 0) is 16.1 Å². The molecule has 0 atom stereocenters. The Balaban J connectivity index is 1.31. The van der Waals surface area contributed by atoms with Gasteiger partial charge in [0.25, 0.3) is 0 Å². The molecule has 0 spiro atoms. The second-order valence-corrected chi connectivity index (χ2v) is 7.09. The van der Waals surface area contributed by atoms with Gasteiger partial charge in [-0.25, -0.2) is 4.79 Å². The number of carbonyl (C=O) groups is 3. The Morgan fingerprint density at radius 3 is 2.10 bits per heavy atom. The molecule has 1 fully saturated rings. The van der Waals surface area contributed by atoms with Gasteiger partial charge in [0.15, 0.2) is 0 Å². The molecule has 3 N–H and O–H groups in total. The average Bonchev–Trinajstić information content (AvgIpc) is 2.78. The fraction of sp³-hybridized carbons (Fsp3) is 0.318. The van der Waals surface area contributed by atoms with E-state index in [9.17, 15) is 14.4 Å². The number of amides is 4. The highest BCUT2D eigenvalue weighted by Gasteiger charge is 2.22. The predicted molar refractivity (Wildman–Crippen MR) is 115 cm³/mol. The number of piperazine rings is 1. The van der Waals surface area contributed by atoms with E-state index in [1.54, 1.807) is 4.90 Å². The van der Waals surface area contributed by atoms with Crippen LogP contribution in [0.4, 0.5) is 10.5 Å². The van der Waals surface area contributed by atoms with Gasteiger partial charge in [0, 0.05) is 38.4 Å². The first-order valence-corrected chi connectivity index (χ1v) is 10.0. The number of urea groups is 1. The zero-order chi connectivity index (χ0) is 21.2. The lowest BCUT2D eigenvalue weighted by Gasteiger charge is -2.34. The molecule has 0 aliphatic carbocycles. The minimum Gasteiger partial charge on any atom is -0.339 e. The summed E-state index contributed by atoms with van der Waals surface area (Å²) < 4.78 is 0. The monoisotopic (exact) mass is 409 g/mol. The molecule has 1 saturated heterocycles. The van der Waals surface area contributed by atoms with Crippen molar-refractivity contribution in [2.75, 3.05) is 44.6 Å². The minimum atomic E-state index is -0.372. The van der Waals surface area contributed by atoms with Gasteiger partial charge in [-0.05, 0) is 17.7 Å². The number of para-hydroxylation sites is 1. The lowest BCUT2D eigenvalue weighted by Crippen LogP contribution is -2.53. The highest BCUT2D eigenvalue weighted by Crippen LogP contribution is 2.06. The molecule has 0 unspecified atom stereocenters. The molecule has 1 heterocycles. The Bertz CT molecular complexity index is 836. The van der Waals surface area contributed by atoms with Crippen molar-refractivity contribution in [1.29, 1.82) is 0 Å². The van der Waals surface area contributed by atoms with Crippen LogP contribution in [0.3, 0.4) is 0 Å². The van der Waals surface area contributed by atoms with Crippen LogP contribution in [-0.4, -0.2) is 66.9 Å². The fourth-order valence-corrected chi connectivity index (χ4v) is 3.19. The van der Waals surface area contributed by atoms with E-state index in [-0.39, 0.29) is 30.9 Å². The van der Waals surface area contributed by atoms with E-state index in [1.807, 2.05) is 65.6 Å². The summed E-state index contributed by atoms with van der Waals surface area (Å²) in [6.07, 6.45) is 0. The summed E-state index contributed by atoms with van der Waals surface area (Å²) in [6, 6.07) is 18.5. The maximum absolute atomic E-state index is 12.3. The predicted octanol–water partition coefficient (Wildman–Crippen LogP) is 1.27. The molecule has 1 aliphatic heterocycles. The zero-order valence-corrected chi connectivity index (χ0v) is 16.8. The number of nitrogens with zero attached hydrogens (tertiary/aromatic N) is 2. The van der Waals surface area contributed by atoms with Gasteiger partial charge in [-0.2, -0.15) is 0 Å². The molecule has 0 aromatic heterocycles. The highest BCUT2D eigenvalue weighted by atomic mass is 16.2. The summed E-state index contributed by atoms with van der Waals surface area (Å²) in [7, 11) is 0. The molecule has 0 bridgehead atoms. The maximum atomic E-state index is 12.3. The molecule has 2 aromatic carbocycles. The number of hydrogen-bond acceptors (Lipinski definition) is 4. The van der Waals surface area contributed by atoms with E-state index < -0.39 is 0 Å². The second-order valence-electron chi connectivity index (χ2n) is 7.09. The van der Waals surface area contributed by atoms with Crippen molar-refractivity contribution in [3.63, 3.8) is 0 Å². The van der Waals surface area contributed by atoms with Crippen LogP contribution < -0.4 is 16.0 Å². The molecule has 8 heteroatoms. The molecule has 3 rings (SSSR count). The normalized spacial score (nSPS) is 14.1. The van der Waals surface area contributed by atoms with Gasteiger partial charge in [-0.1, -0.05) is 48.5 Å². The van der Waals surface area contributed by atoms with E-state index >= 15 is 0 Å². The van der Waals surface area contributed by atoms with Gasteiger partial charge in [-0.15, -0.1) is 0 Å². The van der Waals surface area contributed by atoms with Crippen LogP contribution in [0.1, 0.15) is 5.56 Å². The van der Waals surface area contributed by atoms with E-state index in [2.05, 4.69) is 16.0 Å². The molecule has 158 valence electrons. The Kier molecular flexibility index (Phi) is 7.79. The molecular formula is C22H27N5O3. The number of benzene rings is 2. The largest absolute Gasteiger partial charge is 0.339 e. The minimum absolute atomic E-state index is 0.0465. The van der Waals surface area contributed by atoms with Crippen LogP contribution in [0, 0.1) is 0 Å². The SMILES string of the molecule is O=C(CN1CCN(C(=O)CNC(=O)NCc2ccccc2)CC1)Nc1ccccc1. The number of hydrogen-bond donors (Lipinski definition) is 3. The Labute approximate surface area is 176 Å². The first-order chi connectivity index (χ1) is 14.6. The third kappa shape index (κ3) is 6.89. The molecular weight excluding hydrogens is 382 g/mol. The van der Waals surface area contributed by atoms with Crippen LogP contribution in [0.2, 0.25) is 0 Å². The topological polar surface area (TPSA) is 93.8 Å². The summed E-state index contributed by atoms with van der Waals surface area (Å²) in [4.78, 5) is 40.1. The Hall–Kier alpha value is -3.39. The molecule has 8 nitrogen and oxygen atoms in total. The lowest BCUT2D eigenvalue weighted by molar-refractivity contribution is -0.132. The fourth-order valence-electron chi connectivity index (χ4n) is 3.19. The van der Waals surface area contributed by atoms with Gasteiger partial charge >= 0.3 is 6.03 Å². The Morgan fingerprint density at radius 1 is 0.800 bits per heavy atom. The van der Waals surface area contributed by atoms with Gasteiger partial charge < -0.3 is 20.9 Å². The smallest absolute Gasteiger partial charge is 0.315 e. The number of carbonyl (C=O) groups excluding carboxylic acids is 3. The summed E-state index contributed by atoms with van der Waals surface area (Å²) in [5.74, 6) is -0.198. The van der Waals surface area contributed by atoms with Crippen molar-refractivity contribution >= 4 is 23.5 Å². The zero-order valence-electron chi connectivity index (χ0n) is 16.8. The number of anilines is 1. The van der Waals surface area contributed by atoms with Crippen molar-refractivity contribution in [2.45, 2.75) is 6.54 Å². The molecule has 0 saturated carbocycles. The number of rotatable bonds is 7. The van der Waals surface area contributed by atoms with Crippen molar-refractivity contribution < 1.29 is 14.4 Å².